The number of rotatable bonds is 5. The van der Waals surface area contributed by atoms with Crippen molar-refractivity contribution in [2.75, 3.05) is 12.3 Å². The average molecular weight is 486 g/mol. The number of fused-ring (bicyclic) bond motifs is 1. The summed E-state index contributed by atoms with van der Waals surface area (Å²) in [5.41, 5.74) is 5.72. The summed E-state index contributed by atoms with van der Waals surface area (Å²) >= 11 is 0. The highest BCUT2D eigenvalue weighted by Gasteiger charge is 2.61. The molecule has 2 unspecified atom stereocenters. The molecule has 0 bridgehead atoms. The summed E-state index contributed by atoms with van der Waals surface area (Å²) in [5, 5.41) is 11.2. The average Bonchev–Trinajstić information content (AvgIpc) is 2.96. The molecule has 3 rings (SSSR count). The van der Waals surface area contributed by atoms with E-state index in [1.54, 1.807) is 0 Å². The first kappa shape index (κ1) is 25.5. The van der Waals surface area contributed by atoms with E-state index in [9.17, 15) is 9.90 Å². The Labute approximate surface area is 192 Å². The van der Waals surface area contributed by atoms with Gasteiger partial charge in [-0.05, 0) is 28.2 Å². The fraction of sp³-hybridized carbons (Fsp3) is 0.810. The number of nitrogens with zero attached hydrogens (tertiary/aromatic N) is 2. The van der Waals surface area contributed by atoms with E-state index in [1.807, 2.05) is 0 Å². The number of aliphatic hydroxyl groups excluding tert-OH is 1. The number of aliphatic hydroxyl groups is 1. The number of nitrogen functional groups attached to an aromatic ring is 1. The molecule has 2 aliphatic rings. The number of aromatic nitrogens is 2. The van der Waals surface area contributed by atoms with Gasteiger partial charge in [0.25, 0.3) is 0 Å². The first-order valence-electron chi connectivity index (χ1n) is 11.6. The molecule has 4 atom stereocenters. The van der Waals surface area contributed by atoms with Gasteiger partial charge in [0.15, 0.2) is 6.23 Å². The summed E-state index contributed by atoms with van der Waals surface area (Å²) < 4.78 is 28.1. The maximum absolute atomic E-state index is 12.4. The molecule has 2 fully saturated rings. The van der Waals surface area contributed by atoms with Crippen LogP contribution in [-0.4, -0.2) is 56.7 Å². The van der Waals surface area contributed by atoms with Crippen LogP contribution in [-0.2, 0) is 17.7 Å². The topological polar surface area (TPSA) is 118 Å². The van der Waals surface area contributed by atoms with Gasteiger partial charge in [-0.15, -0.1) is 0 Å². The molecular formula is C21H39N3O6Si2. The summed E-state index contributed by atoms with van der Waals surface area (Å²) in [5.74, 6) is 0.119. The second-order valence-corrected chi connectivity index (χ2v) is 19.0. The molecule has 0 spiro atoms. The standard InChI is InChI=1S/C21H39N3O6Si2/c1-12(2)31(13(3)4)27-11-16-19(29-32(30-31,14(5)6)15(7)8)18(25)20(28-16)24-10-9-17(22)23-21(24)26/h9-10,12-16,18-20,25H,11H2,1-8H3,(H2,22,23,26)/t16?,18-,19?,20-/m1/s1. The van der Waals surface area contributed by atoms with Crippen molar-refractivity contribution in [2.45, 2.75) is 102 Å². The Balaban J connectivity index is 2.07. The zero-order valence-electron chi connectivity index (χ0n) is 20.4. The number of hydrogen-bond donors (Lipinski definition) is 2. The fourth-order valence-electron chi connectivity index (χ4n) is 4.99. The zero-order chi connectivity index (χ0) is 24.0. The maximum Gasteiger partial charge on any atom is 0.351 e. The molecule has 2 aliphatic heterocycles. The predicted molar refractivity (Wildman–Crippen MR) is 127 cm³/mol. The number of hydrogen-bond acceptors (Lipinski definition) is 8. The van der Waals surface area contributed by atoms with Crippen molar-refractivity contribution in [1.29, 1.82) is 0 Å². The Morgan fingerprint density at radius 3 is 2.12 bits per heavy atom. The van der Waals surface area contributed by atoms with E-state index < -0.39 is 47.4 Å². The first-order chi connectivity index (χ1) is 14.9. The van der Waals surface area contributed by atoms with E-state index in [0.717, 1.165) is 0 Å². The SMILES string of the molecule is CC(C)[Si]1(C(C)C)OCC2O[C@@H](n3ccc(N)nc3=O)[C@H](O)C2O[Si](C(C)C)(C(C)C)O1. The largest absolute Gasteiger partial charge is 0.414 e. The van der Waals surface area contributed by atoms with E-state index >= 15 is 0 Å². The zero-order valence-corrected chi connectivity index (χ0v) is 22.4. The summed E-state index contributed by atoms with van der Waals surface area (Å²) in [6, 6.07) is 1.51. The summed E-state index contributed by atoms with van der Waals surface area (Å²) in [7, 11) is -5.59. The molecule has 0 aromatic carbocycles. The van der Waals surface area contributed by atoms with Crippen LogP contribution in [0, 0.1) is 0 Å². The second-order valence-electron chi connectivity index (χ2n) is 10.2. The van der Waals surface area contributed by atoms with E-state index in [4.69, 9.17) is 23.4 Å². The minimum absolute atomic E-state index is 0.119. The highest BCUT2D eigenvalue weighted by molar-refractivity contribution is 6.83. The molecule has 0 radical (unpaired) electrons. The molecule has 32 heavy (non-hydrogen) atoms. The van der Waals surface area contributed by atoms with Crippen LogP contribution in [0.4, 0.5) is 5.82 Å². The predicted octanol–water partition coefficient (Wildman–Crippen LogP) is 3.04. The fourth-order valence-corrected chi connectivity index (χ4v) is 16.2. The molecule has 2 saturated heterocycles. The molecule has 11 heteroatoms. The third kappa shape index (κ3) is 4.24. The Morgan fingerprint density at radius 1 is 1.06 bits per heavy atom. The normalized spacial score (nSPS) is 30.0. The van der Waals surface area contributed by atoms with Crippen molar-refractivity contribution in [2.24, 2.45) is 0 Å². The first-order valence-corrected chi connectivity index (χ1v) is 15.5. The third-order valence-electron chi connectivity index (χ3n) is 6.77. The number of anilines is 1. The van der Waals surface area contributed by atoms with Crippen LogP contribution in [0.15, 0.2) is 17.1 Å². The molecule has 0 amide bonds. The summed E-state index contributed by atoms with van der Waals surface area (Å²) in [6.07, 6.45) is -1.73. The van der Waals surface area contributed by atoms with Gasteiger partial charge in [0.05, 0.1) is 6.61 Å². The van der Waals surface area contributed by atoms with Gasteiger partial charge in [-0.1, -0.05) is 55.4 Å². The summed E-state index contributed by atoms with van der Waals surface area (Å²) in [6.45, 7) is 17.3. The van der Waals surface area contributed by atoms with Crippen molar-refractivity contribution >= 4 is 22.9 Å². The van der Waals surface area contributed by atoms with Gasteiger partial charge in [0.1, 0.15) is 24.1 Å². The van der Waals surface area contributed by atoms with Crippen molar-refractivity contribution in [3.63, 3.8) is 0 Å². The summed E-state index contributed by atoms with van der Waals surface area (Å²) in [4.78, 5) is 16.2. The molecular weight excluding hydrogens is 446 g/mol. The van der Waals surface area contributed by atoms with Crippen molar-refractivity contribution in [3.05, 3.63) is 22.7 Å². The molecule has 0 aliphatic carbocycles. The minimum atomic E-state index is -2.89. The van der Waals surface area contributed by atoms with Gasteiger partial charge in [-0.3, -0.25) is 4.57 Å². The van der Waals surface area contributed by atoms with Gasteiger partial charge in [-0.25, -0.2) is 4.79 Å². The highest BCUT2D eigenvalue weighted by atomic mass is 28.5. The minimum Gasteiger partial charge on any atom is -0.414 e. The quantitative estimate of drug-likeness (QED) is 0.611. The van der Waals surface area contributed by atoms with E-state index in [2.05, 4.69) is 60.4 Å². The Morgan fingerprint density at radius 2 is 1.62 bits per heavy atom. The molecule has 1 aromatic heterocycles. The van der Waals surface area contributed by atoms with E-state index in [0.29, 0.717) is 0 Å². The Bertz CT molecular complexity index is 846. The molecule has 3 heterocycles. The van der Waals surface area contributed by atoms with Crippen LogP contribution in [0.5, 0.6) is 0 Å². The van der Waals surface area contributed by atoms with Gasteiger partial charge in [-0.2, -0.15) is 4.98 Å². The molecule has 0 saturated carbocycles. The number of ether oxygens (including phenoxy) is 1. The molecule has 182 valence electrons. The second kappa shape index (κ2) is 9.28. The third-order valence-corrected chi connectivity index (χ3v) is 17.0. The lowest BCUT2D eigenvalue weighted by Gasteiger charge is -2.51. The van der Waals surface area contributed by atoms with Crippen LogP contribution in [0.25, 0.3) is 0 Å². The lowest BCUT2D eigenvalue weighted by Crippen LogP contribution is -2.65. The van der Waals surface area contributed by atoms with Gasteiger partial charge < -0.3 is 28.5 Å². The number of nitrogens with two attached hydrogens (primary N) is 1. The van der Waals surface area contributed by atoms with Crippen molar-refractivity contribution < 1.29 is 22.8 Å². The molecule has 1 aromatic rings. The Hall–Kier alpha value is -1.09. The van der Waals surface area contributed by atoms with Crippen LogP contribution in [0.1, 0.15) is 61.6 Å². The smallest absolute Gasteiger partial charge is 0.351 e. The van der Waals surface area contributed by atoms with Crippen molar-refractivity contribution in [1.82, 2.24) is 9.55 Å². The molecule has 3 N–H and O–H groups in total. The van der Waals surface area contributed by atoms with Gasteiger partial charge in [0.2, 0.25) is 0 Å². The van der Waals surface area contributed by atoms with Gasteiger partial charge >= 0.3 is 22.8 Å². The van der Waals surface area contributed by atoms with Crippen LogP contribution >= 0.6 is 0 Å². The molecule has 9 nitrogen and oxygen atoms in total. The maximum atomic E-state index is 12.4. The lowest BCUT2D eigenvalue weighted by atomic mass is 10.1. The van der Waals surface area contributed by atoms with E-state index in [1.165, 1.54) is 16.8 Å². The highest BCUT2D eigenvalue weighted by Crippen LogP contribution is 2.48. The van der Waals surface area contributed by atoms with E-state index in [-0.39, 0.29) is 34.6 Å². The van der Waals surface area contributed by atoms with Crippen LogP contribution in [0.2, 0.25) is 22.2 Å². The Kier molecular flexibility index (Phi) is 7.40. The van der Waals surface area contributed by atoms with Gasteiger partial charge in [0, 0.05) is 6.20 Å². The van der Waals surface area contributed by atoms with Crippen molar-refractivity contribution in [3.8, 4) is 0 Å². The van der Waals surface area contributed by atoms with Crippen LogP contribution in [0.3, 0.4) is 0 Å². The monoisotopic (exact) mass is 485 g/mol. The van der Waals surface area contributed by atoms with Crippen LogP contribution < -0.4 is 11.4 Å². The lowest BCUT2D eigenvalue weighted by molar-refractivity contribution is -0.0600.